The number of aryl methyl sites for hydroxylation is 1. The second-order valence-electron chi connectivity index (χ2n) is 18.4. The zero-order valence-electron chi connectivity index (χ0n) is 37.2. The van der Waals surface area contributed by atoms with E-state index in [0.29, 0.717) is 12.4 Å². The van der Waals surface area contributed by atoms with Gasteiger partial charge in [-0.2, -0.15) is 0 Å². The van der Waals surface area contributed by atoms with E-state index < -0.39 is 6.17 Å². The first-order valence-corrected chi connectivity index (χ1v) is 23.7. The largest absolute Gasteiger partial charge is 0.488 e. The fraction of sp³-hybridized carbons (Fsp3) is 0.0794. The summed E-state index contributed by atoms with van der Waals surface area (Å²) in [4.78, 5) is 11.3. The minimum atomic E-state index is -0.426. The zero-order chi connectivity index (χ0) is 44.7. The van der Waals surface area contributed by atoms with E-state index in [4.69, 9.17) is 14.7 Å². The number of aliphatic imine (C=N–C) groups is 2. The fourth-order valence-corrected chi connectivity index (χ4v) is 11.4. The molecule has 14 rings (SSSR count). The van der Waals surface area contributed by atoms with Gasteiger partial charge in [0.15, 0.2) is 5.84 Å². The number of nitrogens with zero attached hydrogens (tertiary/aromatic N) is 3. The molecule has 0 amide bonds. The van der Waals surface area contributed by atoms with Crippen molar-refractivity contribution >= 4 is 55.0 Å². The molecule has 322 valence electrons. The number of hydrogen-bond acceptors (Lipinski definition) is 4. The lowest BCUT2D eigenvalue weighted by atomic mass is 9.81. The summed E-state index contributed by atoms with van der Waals surface area (Å²) in [5.74, 6) is 2.49. The van der Waals surface area contributed by atoms with Gasteiger partial charge < -0.3 is 14.6 Å². The number of benzene rings is 10. The lowest BCUT2D eigenvalue weighted by molar-refractivity contribution is 0.302. The Morgan fingerprint density at radius 3 is 2.07 bits per heavy atom. The van der Waals surface area contributed by atoms with E-state index in [0.717, 1.165) is 74.4 Å². The molecule has 2 aliphatic heterocycles. The highest BCUT2D eigenvalue weighted by atomic mass is 16.5. The molecule has 0 radical (unpaired) electrons. The maximum absolute atomic E-state index is 6.63. The second kappa shape index (κ2) is 15.5. The highest BCUT2D eigenvalue weighted by Crippen LogP contribution is 2.47. The smallest absolute Gasteiger partial charge is 0.161 e. The first-order valence-electron chi connectivity index (χ1n) is 23.7. The molecular weight excluding hydrogens is 829 g/mol. The van der Waals surface area contributed by atoms with E-state index in [1.165, 1.54) is 60.3 Å². The van der Waals surface area contributed by atoms with Crippen molar-refractivity contribution in [2.75, 3.05) is 0 Å². The predicted molar refractivity (Wildman–Crippen MR) is 279 cm³/mol. The minimum Gasteiger partial charge on any atom is -0.488 e. The number of hydrogen-bond donors (Lipinski definition) is 1. The summed E-state index contributed by atoms with van der Waals surface area (Å²) in [7, 11) is 0. The molecule has 1 aromatic heterocycles. The topological polar surface area (TPSA) is 50.9 Å². The number of para-hydroxylation sites is 4. The standard InChI is InChI=1S/C63H44N4O/c1-2-19-46(20-3-1)67-58-27-12-10-23-50(58)52-25-14-26-53(60(52)67)62-64-61(44-30-29-39-15-4-5-16-40(39)34-44)65-63(66-62)56-37-45(36-55-51-24-11-13-28-59(51)68-38-57(55)56)47-32-31-43-33-41-17-6-7-18-42(41)35-54(43)49-22-9-8-21-48(47)49/h1-30,33-37,47,61H,31-32,38H2,(H,64,65,66). The highest BCUT2D eigenvalue weighted by Gasteiger charge is 2.32. The van der Waals surface area contributed by atoms with Crippen molar-refractivity contribution in [1.29, 1.82) is 0 Å². The molecule has 2 atom stereocenters. The maximum Gasteiger partial charge on any atom is 0.161 e. The van der Waals surface area contributed by atoms with Gasteiger partial charge in [-0.3, -0.25) is 0 Å². The van der Waals surface area contributed by atoms with E-state index in [1.54, 1.807) is 0 Å². The van der Waals surface area contributed by atoms with Crippen LogP contribution in [0.3, 0.4) is 0 Å². The molecule has 10 aromatic carbocycles. The summed E-state index contributed by atoms with van der Waals surface area (Å²) in [5.41, 5.74) is 16.4. The van der Waals surface area contributed by atoms with Crippen molar-refractivity contribution in [3.05, 3.63) is 251 Å². The second-order valence-corrected chi connectivity index (χ2v) is 18.4. The number of nitrogens with one attached hydrogen (secondary N) is 1. The van der Waals surface area contributed by atoms with Crippen LogP contribution < -0.4 is 10.1 Å². The van der Waals surface area contributed by atoms with Crippen LogP contribution in [0.25, 0.3) is 71.3 Å². The Kier molecular flexibility index (Phi) is 8.84. The summed E-state index contributed by atoms with van der Waals surface area (Å²) in [5, 5.41) is 11.2. The average Bonchev–Trinajstić information content (AvgIpc) is 3.66. The van der Waals surface area contributed by atoms with Crippen LogP contribution in [0.2, 0.25) is 0 Å². The SMILES string of the molecule is c1ccc(-n2c3ccccc3c3cccc(C4=NC(c5ccc6ccccc6c5)NC(c5cc(C6CCc7cc8ccccc8cc7-c7ccccc76)cc6c5COc5ccccc5-6)=N4)c32)cc1. The van der Waals surface area contributed by atoms with Crippen LogP contribution in [-0.4, -0.2) is 16.2 Å². The van der Waals surface area contributed by atoms with E-state index >= 15 is 0 Å². The number of amidine groups is 2. The zero-order valence-corrected chi connectivity index (χ0v) is 37.2. The molecule has 11 aromatic rings. The highest BCUT2D eigenvalue weighted by molar-refractivity contribution is 6.21. The molecule has 0 saturated carbocycles. The molecule has 3 aliphatic rings. The first-order chi connectivity index (χ1) is 33.7. The predicted octanol–water partition coefficient (Wildman–Crippen LogP) is 14.9. The van der Waals surface area contributed by atoms with Crippen LogP contribution in [0, 0.1) is 0 Å². The summed E-state index contributed by atoms with van der Waals surface area (Å²) < 4.78 is 9.01. The van der Waals surface area contributed by atoms with E-state index in [-0.39, 0.29) is 5.92 Å². The van der Waals surface area contributed by atoms with E-state index in [1.807, 2.05) is 0 Å². The summed E-state index contributed by atoms with van der Waals surface area (Å²) >= 11 is 0. The lowest BCUT2D eigenvalue weighted by Gasteiger charge is -2.30. The Labute approximate surface area is 394 Å². The Balaban J connectivity index is 1.00. The molecule has 5 nitrogen and oxygen atoms in total. The number of rotatable bonds is 5. The van der Waals surface area contributed by atoms with Gasteiger partial charge in [0.05, 0.1) is 11.0 Å². The minimum absolute atomic E-state index is 0.129. The Morgan fingerprint density at radius 1 is 0.500 bits per heavy atom. The van der Waals surface area contributed by atoms with E-state index in [2.05, 4.69) is 222 Å². The van der Waals surface area contributed by atoms with Crippen LogP contribution in [0.15, 0.2) is 222 Å². The van der Waals surface area contributed by atoms with Crippen LogP contribution in [0.5, 0.6) is 5.75 Å². The van der Waals surface area contributed by atoms with Crippen LogP contribution >= 0.6 is 0 Å². The molecule has 1 aliphatic carbocycles. The molecule has 68 heavy (non-hydrogen) atoms. The van der Waals surface area contributed by atoms with Crippen molar-refractivity contribution in [3.63, 3.8) is 0 Å². The Hall–Kier alpha value is -8.54. The van der Waals surface area contributed by atoms with Crippen LogP contribution in [0.1, 0.15) is 57.4 Å². The molecule has 1 N–H and O–H groups in total. The number of fused-ring (bicyclic) bond motifs is 11. The van der Waals surface area contributed by atoms with Crippen molar-refractivity contribution in [1.82, 2.24) is 9.88 Å². The van der Waals surface area contributed by atoms with Gasteiger partial charge in [-0.05, 0) is 128 Å². The number of ether oxygens (including phenoxy) is 1. The number of aromatic nitrogens is 1. The molecule has 3 heterocycles. The molecule has 0 fully saturated rings. The molecule has 5 heteroatoms. The quantitative estimate of drug-likeness (QED) is 0.187. The normalized spacial score (nSPS) is 16.2. The maximum atomic E-state index is 6.63. The summed E-state index contributed by atoms with van der Waals surface area (Å²) in [6.45, 7) is 0.424. The van der Waals surface area contributed by atoms with Gasteiger partial charge in [-0.25, -0.2) is 9.98 Å². The summed E-state index contributed by atoms with van der Waals surface area (Å²) in [6.07, 6.45) is 1.51. The van der Waals surface area contributed by atoms with E-state index in [9.17, 15) is 0 Å². The van der Waals surface area contributed by atoms with Gasteiger partial charge in [0.2, 0.25) is 0 Å². The van der Waals surface area contributed by atoms with Crippen molar-refractivity contribution in [2.24, 2.45) is 9.98 Å². The van der Waals surface area contributed by atoms with Gasteiger partial charge in [0, 0.05) is 44.6 Å². The Morgan fingerprint density at radius 2 is 1.19 bits per heavy atom. The van der Waals surface area contributed by atoms with Crippen molar-refractivity contribution in [3.8, 4) is 33.7 Å². The van der Waals surface area contributed by atoms with Gasteiger partial charge in [0.25, 0.3) is 0 Å². The van der Waals surface area contributed by atoms with Crippen molar-refractivity contribution in [2.45, 2.75) is 31.5 Å². The van der Waals surface area contributed by atoms with Gasteiger partial charge in [-0.1, -0.05) is 158 Å². The third kappa shape index (κ3) is 6.23. The molecule has 0 saturated heterocycles. The Bertz CT molecular complexity index is 3920. The van der Waals surface area contributed by atoms with Crippen molar-refractivity contribution < 1.29 is 4.74 Å². The molecular formula is C63H44N4O. The van der Waals surface area contributed by atoms with Gasteiger partial charge in [0.1, 0.15) is 24.4 Å². The fourth-order valence-electron chi connectivity index (χ4n) is 11.4. The first kappa shape index (κ1) is 38.7. The van der Waals surface area contributed by atoms with Crippen LogP contribution in [-0.2, 0) is 13.0 Å². The molecule has 0 bridgehead atoms. The van der Waals surface area contributed by atoms with Gasteiger partial charge >= 0.3 is 0 Å². The lowest BCUT2D eigenvalue weighted by Crippen LogP contribution is -2.35. The van der Waals surface area contributed by atoms with Gasteiger partial charge in [-0.15, -0.1) is 0 Å². The molecule has 0 spiro atoms. The monoisotopic (exact) mass is 872 g/mol. The summed E-state index contributed by atoms with van der Waals surface area (Å²) in [6, 6.07) is 77.2. The third-order valence-corrected chi connectivity index (χ3v) is 14.6. The van der Waals surface area contributed by atoms with Crippen LogP contribution in [0.4, 0.5) is 0 Å². The average molecular weight is 873 g/mol. The molecule has 2 unspecified atom stereocenters. The third-order valence-electron chi connectivity index (χ3n) is 14.6.